The van der Waals surface area contributed by atoms with Crippen LogP contribution in [-0.2, 0) is 14.3 Å². The molecule has 0 saturated carbocycles. The largest absolute Gasteiger partial charge is 0.546 e. The van der Waals surface area contributed by atoms with Crippen molar-refractivity contribution in [1.82, 2.24) is 0 Å². The molecule has 0 saturated heterocycles. The maximum Gasteiger partial charge on any atom is 0.294 e. The third-order valence-corrected chi connectivity index (χ3v) is 1.51. The molecule has 0 aliphatic heterocycles. The Morgan fingerprint density at radius 3 is 2.46 bits per heavy atom. The summed E-state index contributed by atoms with van der Waals surface area (Å²) in [6.45, 7) is 0.0907. The van der Waals surface area contributed by atoms with Gasteiger partial charge in [-0.3, -0.25) is 4.79 Å². The highest BCUT2D eigenvalue weighted by molar-refractivity contribution is 5.73. The summed E-state index contributed by atoms with van der Waals surface area (Å²) in [7, 11) is 0. The van der Waals surface area contributed by atoms with Gasteiger partial charge in [0.25, 0.3) is 6.47 Å². The first-order valence-corrected chi connectivity index (χ1v) is 3.60. The molecule has 4 heteroatoms. The molecule has 0 spiro atoms. The van der Waals surface area contributed by atoms with Crippen molar-refractivity contribution in [1.29, 1.82) is 0 Å². The van der Waals surface area contributed by atoms with E-state index in [0.29, 0.717) is 5.56 Å². The van der Waals surface area contributed by atoms with Gasteiger partial charge in [0.2, 0.25) is 0 Å². The molecule has 68 valence electrons. The molecule has 0 aromatic heterocycles. The van der Waals surface area contributed by atoms with Crippen LogP contribution in [-0.4, -0.2) is 12.4 Å². The minimum Gasteiger partial charge on any atom is -0.546 e. The molecule has 0 aliphatic carbocycles. The Morgan fingerprint density at radius 1 is 1.38 bits per heavy atom. The predicted molar refractivity (Wildman–Crippen MR) is 41.3 cm³/mol. The number of carboxylic acids is 1. The third kappa shape index (κ3) is 2.30. The summed E-state index contributed by atoms with van der Waals surface area (Å²) in [5.41, 5.74) is 0.384. The van der Waals surface area contributed by atoms with Crippen molar-refractivity contribution in [2.45, 2.75) is 6.10 Å². The molecular weight excluding hydrogens is 172 g/mol. The summed E-state index contributed by atoms with van der Waals surface area (Å²) in [5.74, 6) is -1.43. The molecule has 0 fully saturated rings. The van der Waals surface area contributed by atoms with Crippen LogP contribution in [0.5, 0.6) is 0 Å². The Labute approximate surface area is 74.8 Å². The number of hydrogen-bond acceptors (Lipinski definition) is 4. The zero-order valence-electron chi connectivity index (χ0n) is 6.67. The lowest BCUT2D eigenvalue weighted by Crippen LogP contribution is -2.31. The molecule has 1 unspecified atom stereocenters. The van der Waals surface area contributed by atoms with E-state index in [0.717, 1.165) is 0 Å². The maximum atomic E-state index is 10.5. The second-order valence-electron chi connectivity index (χ2n) is 2.34. The molecular formula is C9H7O4-. The number of carbonyl (C=O) groups is 2. The SMILES string of the molecule is O=COC(C(=O)[O-])c1ccccc1. The van der Waals surface area contributed by atoms with Crippen molar-refractivity contribution in [2.75, 3.05) is 0 Å². The van der Waals surface area contributed by atoms with Crippen LogP contribution in [0.15, 0.2) is 30.3 Å². The smallest absolute Gasteiger partial charge is 0.294 e. The third-order valence-electron chi connectivity index (χ3n) is 1.51. The van der Waals surface area contributed by atoms with Crippen molar-refractivity contribution >= 4 is 12.4 Å². The molecule has 0 amide bonds. The van der Waals surface area contributed by atoms with Gasteiger partial charge in [0.05, 0.1) is 5.97 Å². The van der Waals surface area contributed by atoms with E-state index in [2.05, 4.69) is 4.74 Å². The Kier molecular flexibility index (Phi) is 3.03. The zero-order valence-corrected chi connectivity index (χ0v) is 6.67. The van der Waals surface area contributed by atoms with Crippen LogP contribution in [0.2, 0.25) is 0 Å². The molecule has 1 rings (SSSR count). The lowest BCUT2D eigenvalue weighted by Gasteiger charge is -2.15. The van der Waals surface area contributed by atoms with E-state index in [9.17, 15) is 14.7 Å². The Hall–Kier alpha value is -1.84. The second kappa shape index (κ2) is 4.25. The number of aliphatic carboxylic acids is 1. The standard InChI is InChI=1S/C9H8O4/c10-6-13-8(9(11)12)7-4-2-1-3-5-7/h1-6,8H,(H,11,12)/p-1. The van der Waals surface area contributed by atoms with E-state index >= 15 is 0 Å². The fourth-order valence-electron chi connectivity index (χ4n) is 0.954. The first-order chi connectivity index (χ1) is 6.25. The summed E-state index contributed by atoms with van der Waals surface area (Å²) >= 11 is 0. The van der Waals surface area contributed by atoms with Crippen molar-refractivity contribution in [3.05, 3.63) is 35.9 Å². The molecule has 4 nitrogen and oxygen atoms in total. The molecule has 13 heavy (non-hydrogen) atoms. The fourth-order valence-corrected chi connectivity index (χ4v) is 0.954. The van der Waals surface area contributed by atoms with Gasteiger partial charge in [-0.1, -0.05) is 30.3 Å². The Balaban J connectivity index is 2.88. The minimum atomic E-state index is -1.43. The molecule has 0 aliphatic rings. The van der Waals surface area contributed by atoms with Gasteiger partial charge in [-0.15, -0.1) is 0 Å². The number of benzene rings is 1. The number of carbonyl (C=O) groups excluding carboxylic acids is 2. The lowest BCUT2D eigenvalue weighted by atomic mass is 10.1. The highest BCUT2D eigenvalue weighted by Gasteiger charge is 2.12. The van der Waals surface area contributed by atoms with Gasteiger partial charge < -0.3 is 14.6 Å². The lowest BCUT2D eigenvalue weighted by molar-refractivity contribution is -0.315. The van der Waals surface area contributed by atoms with Crippen molar-refractivity contribution in [2.24, 2.45) is 0 Å². The topological polar surface area (TPSA) is 66.4 Å². The highest BCUT2D eigenvalue weighted by atomic mass is 16.5. The number of rotatable bonds is 4. The first-order valence-electron chi connectivity index (χ1n) is 3.60. The molecule has 1 aromatic rings. The van der Waals surface area contributed by atoms with Crippen LogP contribution in [0.25, 0.3) is 0 Å². The van der Waals surface area contributed by atoms with E-state index in [4.69, 9.17) is 0 Å². The van der Waals surface area contributed by atoms with E-state index in [1.165, 1.54) is 0 Å². The maximum absolute atomic E-state index is 10.5. The van der Waals surface area contributed by atoms with Gasteiger partial charge in [-0.2, -0.15) is 0 Å². The molecule has 0 bridgehead atoms. The van der Waals surface area contributed by atoms with Crippen LogP contribution in [0.4, 0.5) is 0 Å². The highest BCUT2D eigenvalue weighted by Crippen LogP contribution is 2.14. The molecule has 0 heterocycles. The monoisotopic (exact) mass is 179 g/mol. The molecule has 1 aromatic carbocycles. The normalized spacial score (nSPS) is 11.7. The number of ether oxygens (including phenoxy) is 1. The van der Waals surface area contributed by atoms with Gasteiger partial charge in [0.15, 0.2) is 6.10 Å². The summed E-state index contributed by atoms with van der Waals surface area (Å²) in [5, 5.41) is 10.5. The van der Waals surface area contributed by atoms with Crippen molar-refractivity contribution in [3.63, 3.8) is 0 Å². The average molecular weight is 179 g/mol. The van der Waals surface area contributed by atoms with Crippen molar-refractivity contribution in [3.8, 4) is 0 Å². The van der Waals surface area contributed by atoms with Gasteiger partial charge in [-0.25, -0.2) is 0 Å². The van der Waals surface area contributed by atoms with E-state index in [1.54, 1.807) is 30.3 Å². The number of hydrogen-bond donors (Lipinski definition) is 0. The van der Waals surface area contributed by atoms with Gasteiger partial charge in [0, 0.05) is 0 Å². The summed E-state index contributed by atoms with van der Waals surface area (Å²) in [6.07, 6.45) is -1.32. The Bertz CT molecular complexity index is 294. The fraction of sp³-hybridized carbons (Fsp3) is 0.111. The predicted octanol–water partition coefficient (Wildman–Crippen LogP) is -0.349. The van der Waals surface area contributed by atoms with E-state index in [1.807, 2.05) is 0 Å². The Morgan fingerprint density at radius 2 is 2.00 bits per heavy atom. The molecule has 1 atom stereocenters. The van der Waals surface area contributed by atoms with E-state index in [-0.39, 0.29) is 6.47 Å². The number of carboxylic acid groups (broad SMARTS) is 1. The summed E-state index contributed by atoms with van der Waals surface area (Å²) < 4.78 is 4.35. The minimum absolute atomic E-state index is 0.0907. The molecule has 0 N–H and O–H groups in total. The zero-order chi connectivity index (χ0) is 9.68. The van der Waals surface area contributed by atoms with Crippen LogP contribution < -0.4 is 5.11 Å². The van der Waals surface area contributed by atoms with Crippen molar-refractivity contribution < 1.29 is 19.4 Å². The van der Waals surface area contributed by atoms with Crippen LogP contribution in [0.3, 0.4) is 0 Å². The summed E-state index contributed by atoms with van der Waals surface area (Å²) in [4.78, 5) is 20.5. The van der Waals surface area contributed by atoms with E-state index < -0.39 is 12.1 Å². The van der Waals surface area contributed by atoms with Crippen LogP contribution in [0, 0.1) is 0 Å². The van der Waals surface area contributed by atoms with Gasteiger partial charge >= 0.3 is 0 Å². The second-order valence-corrected chi connectivity index (χ2v) is 2.34. The summed E-state index contributed by atoms with van der Waals surface area (Å²) in [6, 6.07) is 8.13. The van der Waals surface area contributed by atoms with Crippen LogP contribution in [0.1, 0.15) is 11.7 Å². The van der Waals surface area contributed by atoms with Gasteiger partial charge in [0.1, 0.15) is 0 Å². The molecule has 0 radical (unpaired) electrons. The quantitative estimate of drug-likeness (QED) is 0.592. The average Bonchev–Trinajstić information content (AvgIpc) is 2.15. The van der Waals surface area contributed by atoms with Gasteiger partial charge in [-0.05, 0) is 5.56 Å². The first kappa shape index (κ1) is 9.25. The van der Waals surface area contributed by atoms with Crippen LogP contribution >= 0.6 is 0 Å².